The molecular formula is C16H23NO2. The standard InChI is InChI=1S/C16H23NO2/c1-16(2,3)13-10-17(11-13)14(15(18)19)9-12-7-5-4-6-8-12/h4-8,13-14H,9-11H2,1-3H3,(H,18,19). The van der Waals surface area contributed by atoms with Gasteiger partial charge < -0.3 is 5.11 Å². The maximum Gasteiger partial charge on any atom is 0.321 e. The lowest BCUT2D eigenvalue weighted by atomic mass is 9.75. The summed E-state index contributed by atoms with van der Waals surface area (Å²) in [6.07, 6.45) is 0.590. The number of carbonyl (C=O) groups is 1. The van der Waals surface area contributed by atoms with Gasteiger partial charge in [-0.25, -0.2) is 0 Å². The van der Waals surface area contributed by atoms with Gasteiger partial charge in [0.15, 0.2) is 0 Å². The third-order valence-corrected chi connectivity index (χ3v) is 4.13. The van der Waals surface area contributed by atoms with Gasteiger partial charge in [-0.1, -0.05) is 51.1 Å². The van der Waals surface area contributed by atoms with E-state index in [1.54, 1.807) is 0 Å². The lowest BCUT2D eigenvalue weighted by Gasteiger charge is -2.48. The van der Waals surface area contributed by atoms with Crippen LogP contribution in [0.2, 0.25) is 0 Å². The van der Waals surface area contributed by atoms with E-state index in [0.717, 1.165) is 18.7 Å². The van der Waals surface area contributed by atoms with E-state index >= 15 is 0 Å². The van der Waals surface area contributed by atoms with Crippen LogP contribution in [0.25, 0.3) is 0 Å². The highest BCUT2D eigenvalue weighted by Crippen LogP contribution is 2.35. The maximum absolute atomic E-state index is 11.5. The SMILES string of the molecule is CC(C)(C)C1CN(C(Cc2ccccc2)C(=O)O)C1. The summed E-state index contributed by atoms with van der Waals surface area (Å²) in [7, 11) is 0. The van der Waals surface area contributed by atoms with Crippen molar-refractivity contribution in [3.8, 4) is 0 Å². The molecule has 1 aromatic rings. The first kappa shape index (κ1) is 14.1. The number of nitrogens with zero attached hydrogens (tertiary/aromatic N) is 1. The van der Waals surface area contributed by atoms with Crippen LogP contribution in [-0.2, 0) is 11.2 Å². The largest absolute Gasteiger partial charge is 0.480 e. The number of rotatable bonds is 4. The normalized spacial score (nSPS) is 18.9. The molecule has 104 valence electrons. The molecule has 1 aliphatic heterocycles. The van der Waals surface area contributed by atoms with Crippen LogP contribution >= 0.6 is 0 Å². The zero-order chi connectivity index (χ0) is 14.0. The van der Waals surface area contributed by atoms with Crippen molar-refractivity contribution in [3.05, 3.63) is 35.9 Å². The number of likely N-dealkylation sites (tertiary alicyclic amines) is 1. The number of carboxylic acid groups (broad SMARTS) is 1. The number of carboxylic acids is 1. The summed E-state index contributed by atoms with van der Waals surface area (Å²) < 4.78 is 0. The van der Waals surface area contributed by atoms with Crippen LogP contribution < -0.4 is 0 Å². The summed E-state index contributed by atoms with van der Waals surface area (Å²) in [6.45, 7) is 8.46. The molecule has 1 fully saturated rings. The second-order valence-electron chi connectivity index (χ2n) is 6.56. The van der Waals surface area contributed by atoms with Gasteiger partial charge >= 0.3 is 5.97 Å². The van der Waals surface area contributed by atoms with E-state index in [4.69, 9.17) is 0 Å². The Balaban J connectivity index is 1.98. The Morgan fingerprint density at radius 3 is 2.37 bits per heavy atom. The molecule has 1 heterocycles. The molecule has 0 radical (unpaired) electrons. The summed E-state index contributed by atoms with van der Waals surface area (Å²) >= 11 is 0. The van der Waals surface area contributed by atoms with Gasteiger partial charge in [0.05, 0.1) is 0 Å². The molecule has 0 amide bonds. The van der Waals surface area contributed by atoms with Gasteiger partial charge in [0.1, 0.15) is 6.04 Å². The molecule has 19 heavy (non-hydrogen) atoms. The van der Waals surface area contributed by atoms with Gasteiger partial charge in [0.2, 0.25) is 0 Å². The lowest BCUT2D eigenvalue weighted by molar-refractivity contribution is -0.147. The molecule has 0 aliphatic carbocycles. The zero-order valence-electron chi connectivity index (χ0n) is 12.0. The molecule has 0 aromatic heterocycles. The van der Waals surface area contributed by atoms with Gasteiger partial charge in [-0.15, -0.1) is 0 Å². The molecule has 1 aliphatic rings. The molecule has 3 nitrogen and oxygen atoms in total. The van der Waals surface area contributed by atoms with E-state index in [0.29, 0.717) is 12.3 Å². The zero-order valence-corrected chi connectivity index (χ0v) is 12.0. The van der Waals surface area contributed by atoms with Crippen molar-refractivity contribution >= 4 is 5.97 Å². The predicted molar refractivity (Wildman–Crippen MR) is 76.1 cm³/mol. The minimum Gasteiger partial charge on any atom is -0.480 e. The van der Waals surface area contributed by atoms with Crippen molar-refractivity contribution in [3.63, 3.8) is 0 Å². The smallest absolute Gasteiger partial charge is 0.321 e. The highest BCUT2D eigenvalue weighted by Gasteiger charge is 2.41. The lowest BCUT2D eigenvalue weighted by Crippen LogP contribution is -2.58. The van der Waals surface area contributed by atoms with Crippen molar-refractivity contribution in [2.24, 2.45) is 11.3 Å². The van der Waals surface area contributed by atoms with E-state index in [-0.39, 0.29) is 11.5 Å². The summed E-state index contributed by atoms with van der Waals surface area (Å²) in [5.41, 5.74) is 1.36. The molecule has 1 aromatic carbocycles. The second-order valence-corrected chi connectivity index (χ2v) is 6.56. The first-order chi connectivity index (χ1) is 8.88. The van der Waals surface area contributed by atoms with Crippen LogP contribution in [0.1, 0.15) is 26.3 Å². The van der Waals surface area contributed by atoms with Gasteiger partial charge in [0.25, 0.3) is 0 Å². The van der Waals surface area contributed by atoms with E-state index < -0.39 is 5.97 Å². The highest BCUT2D eigenvalue weighted by atomic mass is 16.4. The highest BCUT2D eigenvalue weighted by molar-refractivity contribution is 5.74. The van der Waals surface area contributed by atoms with Crippen molar-refractivity contribution in [2.45, 2.75) is 33.2 Å². The molecule has 0 bridgehead atoms. The molecule has 2 rings (SSSR count). The Bertz CT molecular complexity index is 430. The molecular weight excluding hydrogens is 238 g/mol. The molecule has 0 spiro atoms. The van der Waals surface area contributed by atoms with Crippen molar-refractivity contribution in [2.75, 3.05) is 13.1 Å². The van der Waals surface area contributed by atoms with Gasteiger partial charge in [0, 0.05) is 13.1 Å². The van der Waals surface area contributed by atoms with E-state index in [2.05, 4.69) is 25.7 Å². The van der Waals surface area contributed by atoms with Gasteiger partial charge in [-0.3, -0.25) is 9.69 Å². The van der Waals surface area contributed by atoms with E-state index in [1.165, 1.54) is 0 Å². The summed E-state index contributed by atoms with van der Waals surface area (Å²) in [5, 5.41) is 9.42. The Hall–Kier alpha value is -1.35. The van der Waals surface area contributed by atoms with Crippen LogP contribution in [0.15, 0.2) is 30.3 Å². The van der Waals surface area contributed by atoms with E-state index in [1.807, 2.05) is 30.3 Å². The first-order valence-electron chi connectivity index (χ1n) is 6.88. The predicted octanol–water partition coefficient (Wildman–Crippen LogP) is 2.66. The monoisotopic (exact) mass is 261 g/mol. The van der Waals surface area contributed by atoms with E-state index in [9.17, 15) is 9.90 Å². The van der Waals surface area contributed by atoms with Crippen LogP contribution in [0.3, 0.4) is 0 Å². The molecule has 1 N–H and O–H groups in total. The number of hydrogen-bond acceptors (Lipinski definition) is 2. The third-order valence-electron chi connectivity index (χ3n) is 4.13. The minimum absolute atomic E-state index is 0.270. The average Bonchev–Trinajstić information content (AvgIpc) is 2.25. The Kier molecular flexibility index (Phi) is 3.95. The topological polar surface area (TPSA) is 40.5 Å². The van der Waals surface area contributed by atoms with Crippen LogP contribution in [-0.4, -0.2) is 35.1 Å². The summed E-state index contributed by atoms with van der Waals surface area (Å²) in [4.78, 5) is 13.5. The Morgan fingerprint density at radius 1 is 1.32 bits per heavy atom. The van der Waals surface area contributed by atoms with Crippen LogP contribution in [0.4, 0.5) is 0 Å². The molecule has 1 atom stereocenters. The van der Waals surface area contributed by atoms with Gasteiger partial charge in [-0.2, -0.15) is 0 Å². The number of hydrogen-bond donors (Lipinski definition) is 1. The fraction of sp³-hybridized carbons (Fsp3) is 0.562. The molecule has 1 unspecified atom stereocenters. The minimum atomic E-state index is -0.712. The fourth-order valence-electron chi connectivity index (χ4n) is 2.52. The number of aliphatic carboxylic acids is 1. The van der Waals surface area contributed by atoms with Crippen molar-refractivity contribution in [1.82, 2.24) is 4.90 Å². The average molecular weight is 261 g/mol. The van der Waals surface area contributed by atoms with Crippen molar-refractivity contribution in [1.29, 1.82) is 0 Å². The van der Waals surface area contributed by atoms with Crippen molar-refractivity contribution < 1.29 is 9.90 Å². The summed E-state index contributed by atoms with van der Waals surface area (Å²) in [6, 6.07) is 9.48. The molecule has 0 saturated carbocycles. The van der Waals surface area contributed by atoms with Crippen LogP contribution in [0.5, 0.6) is 0 Å². The quantitative estimate of drug-likeness (QED) is 0.906. The first-order valence-corrected chi connectivity index (χ1v) is 6.88. The maximum atomic E-state index is 11.5. The van der Waals surface area contributed by atoms with Crippen LogP contribution in [0, 0.1) is 11.3 Å². The Labute approximate surface area is 115 Å². The Morgan fingerprint density at radius 2 is 1.89 bits per heavy atom. The molecule has 1 saturated heterocycles. The molecule has 3 heteroatoms. The summed E-state index contributed by atoms with van der Waals surface area (Å²) in [5.74, 6) is -0.110. The van der Waals surface area contributed by atoms with Gasteiger partial charge in [-0.05, 0) is 23.3 Å². The second kappa shape index (κ2) is 5.33. The number of benzene rings is 1. The third kappa shape index (κ3) is 3.35. The fourth-order valence-corrected chi connectivity index (χ4v) is 2.52.